The van der Waals surface area contributed by atoms with Crippen LogP contribution < -0.4 is 9.47 Å². The van der Waals surface area contributed by atoms with Crippen LogP contribution in [0.2, 0.25) is 0 Å². The Morgan fingerprint density at radius 3 is 1.80 bits per heavy atom. The first-order valence-corrected chi connectivity index (χ1v) is 22.4. The van der Waals surface area contributed by atoms with Gasteiger partial charge in [0, 0.05) is 10.8 Å². The molecule has 0 N–H and O–H groups in total. The highest BCUT2D eigenvalue weighted by molar-refractivity contribution is 8.45. The molecule has 0 radical (unpaired) electrons. The van der Waals surface area contributed by atoms with Gasteiger partial charge in [0.05, 0.1) is 31.2 Å². The number of rotatable bonds is 17. The number of fused-ring (bicyclic) bond motifs is 1. The molecule has 1 aromatic heterocycles. The standard InChI is InChI=1S/C28H38O4S9/c1-4-6-8-10-12-35-25-26(36-13-11-9-7-5-2)41-28(40-25)27-38-23(33-3)24(39-27)37-18-22(29)32-19-14-30-20-16-34-17-21(20)31-15-19/h16-17,19H,4-15,18H2,1-3H3. The van der Waals surface area contributed by atoms with Gasteiger partial charge >= 0.3 is 5.97 Å². The minimum Gasteiger partial charge on any atom is -0.485 e. The largest absolute Gasteiger partial charge is 0.485 e. The van der Waals surface area contributed by atoms with Gasteiger partial charge in [-0.25, -0.2) is 0 Å². The molecule has 0 saturated heterocycles. The number of hydrogen-bond donors (Lipinski definition) is 0. The summed E-state index contributed by atoms with van der Waals surface area (Å²) in [7, 11) is 0. The summed E-state index contributed by atoms with van der Waals surface area (Å²) in [5.74, 6) is 3.91. The van der Waals surface area contributed by atoms with Crippen LogP contribution in [0.5, 0.6) is 11.5 Å². The molecule has 0 unspecified atom stereocenters. The summed E-state index contributed by atoms with van der Waals surface area (Å²) in [6, 6.07) is 0. The van der Waals surface area contributed by atoms with Crippen LogP contribution in [0, 0.1) is 0 Å². The van der Waals surface area contributed by atoms with E-state index in [4.69, 9.17) is 14.2 Å². The molecule has 41 heavy (non-hydrogen) atoms. The molecular weight excluding hydrogens is 689 g/mol. The van der Waals surface area contributed by atoms with E-state index in [0.29, 0.717) is 13.2 Å². The first-order chi connectivity index (χ1) is 20.1. The molecule has 1 aromatic rings. The summed E-state index contributed by atoms with van der Waals surface area (Å²) in [5, 5.41) is 3.82. The van der Waals surface area contributed by atoms with Crippen LogP contribution in [-0.4, -0.2) is 48.8 Å². The Kier molecular flexibility index (Phi) is 16.3. The maximum atomic E-state index is 12.7. The van der Waals surface area contributed by atoms with Crippen LogP contribution in [-0.2, 0) is 9.53 Å². The van der Waals surface area contributed by atoms with Crippen molar-refractivity contribution in [3.8, 4) is 11.5 Å². The van der Waals surface area contributed by atoms with Gasteiger partial charge in [-0.3, -0.25) is 4.79 Å². The van der Waals surface area contributed by atoms with Gasteiger partial charge < -0.3 is 14.2 Å². The molecule has 4 nitrogen and oxygen atoms in total. The Morgan fingerprint density at radius 2 is 1.29 bits per heavy atom. The van der Waals surface area contributed by atoms with E-state index in [1.165, 1.54) is 88.3 Å². The number of thiophene rings is 1. The molecule has 3 aliphatic heterocycles. The van der Waals surface area contributed by atoms with Crippen LogP contribution in [0.25, 0.3) is 0 Å². The van der Waals surface area contributed by atoms with E-state index in [0.717, 1.165) is 11.5 Å². The van der Waals surface area contributed by atoms with E-state index in [9.17, 15) is 4.79 Å². The fraction of sp³-hybridized carbons (Fsp3) is 0.607. The highest BCUT2D eigenvalue weighted by atomic mass is 32.3. The fourth-order valence-corrected chi connectivity index (χ4v) is 16.0. The molecule has 0 aliphatic carbocycles. The second-order valence-electron chi connectivity index (χ2n) is 9.28. The number of carbonyl (C=O) groups is 1. The lowest BCUT2D eigenvalue weighted by Crippen LogP contribution is -2.30. The minimum absolute atomic E-state index is 0.231. The van der Waals surface area contributed by atoms with Crippen molar-refractivity contribution in [1.29, 1.82) is 0 Å². The van der Waals surface area contributed by atoms with Crippen LogP contribution >= 0.6 is 105 Å². The van der Waals surface area contributed by atoms with Gasteiger partial charge in [0.1, 0.15) is 13.2 Å². The molecule has 0 spiro atoms. The molecule has 0 atom stereocenters. The van der Waals surface area contributed by atoms with Crippen molar-refractivity contribution in [2.75, 3.05) is 36.7 Å². The van der Waals surface area contributed by atoms with Crippen molar-refractivity contribution in [1.82, 2.24) is 0 Å². The summed E-state index contributed by atoms with van der Waals surface area (Å²) in [6.45, 7) is 5.18. The summed E-state index contributed by atoms with van der Waals surface area (Å²) in [4.78, 5) is 12.7. The van der Waals surface area contributed by atoms with Crippen molar-refractivity contribution in [2.24, 2.45) is 0 Å². The number of carbonyl (C=O) groups excluding carboxylic acids is 1. The SMILES string of the molecule is CCCCCCSC1=C(SCCCCCC)SC(=C2SC(SC)=C(SCC(=O)OC3COc4cscc4OC3)S2)S1. The average Bonchev–Trinajstić information content (AvgIpc) is 3.69. The summed E-state index contributed by atoms with van der Waals surface area (Å²) in [5.41, 5.74) is 0. The Morgan fingerprint density at radius 1 is 0.780 bits per heavy atom. The highest BCUT2D eigenvalue weighted by Crippen LogP contribution is 2.66. The zero-order chi connectivity index (χ0) is 28.9. The molecule has 0 amide bonds. The molecule has 4 rings (SSSR count). The second-order valence-corrected chi connectivity index (χ2v) is 19.7. The Labute approximate surface area is 283 Å². The van der Waals surface area contributed by atoms with Gasteiger partial charge in [-0.15, -0.1) is 58.4 Å². The van der Waals surface area contributed by atoms with Crippen molar-refractivity contribution >= 4 is 111 Å². The van der Waals surface area contributed by atoms with Crippen molar-refractivity contribution in [3.63, 3.8) is 0 Å². The summed E-state index contributed by atoms with van der Waals surface area (Å²) >= 11 is 16.6. The molecule has 13 heteroatoms. The van der Waals surface area contributed by atoms with E-state index in [2.05, 4.69) is 43.6 Å². The predicted octanol–water partition coefficient (Wildman–Crippen LogP) is 11.5. The number of esters is 1. The van der Waals surface area contributed by atoms with Gasteiger partial charge in [0.15, 0.2) is 17.6 Å². The lowest BCUT2D eigenvalue weighted by molar-refractivity contribution is -0.148. The molecule has 228 valence electrons. The highest BCUT2D eigenvalue weighted by Gasteiger charge is 2.31. The lowest BCUT2D eigenvalue weighted by atomic mass is 10.2. The minimum atomic E-state index is -0.397. The van der Waals surface area contributed by atoms with Crippen molar-refractivity contribution in [3.05, 3.63) is 36.2 Å². The third kappa shape index (κ3) is 11.3. The number of ether oxygens (including phenoxy) is 3. The summed E-state index contributed by atoms with van der Waals surface area (Å²) in [6.07, 6.45) is 12.2. The molecule has 4 heterocycles. The second kappa shape index (κ2) is 19.3. The van der Waals surface area contributed by atoms with Crippen LogP contribution in [0.15, 0.2) is 36.2 Å². The van der Waals surface area contributed by atoms with Crippen molar-refractivity contribution in [2.45, 2.75) is 71.3 Å². The van der Waals surface area contributed by atoms with E-state index in [-0.39, 0.29) is 11.7 Å². The first kappa shape index (κ1) is 34.7. The quantitative estimate of drug-likeness (QED) is 0.113. The molecule has 0 bridgehead atoms. The first-order valence-electron chi connectivity index (χ1n) is 14.0. The van der Waals surface area contributed by atoms with Gasteiger partial charge in [-0.05, 0) is 30.6 Å². The molecular formula is C28H38O4S9. The Hall–Kier alpha value is 0.790. The fourth-order valence-electron chi connectivity index (χ4n) is 3.80. The Balaban J connectivity index is 1.28. The normalized spacial score (nSPS) is 17.6. The van der Waals surface area contributed by atoms with Gasteiger partial charge in [0.2, 0.25) is 0 Å². The number of unbranched alkanes of at least 4 members (excludes halogenated alkanes) is 6. The third-order valence-electron chi connectivity index (χ3n) is 5.95. The van der Waals surface area contributed by atoms with Gasteiger partial charge in [0.25, 0.3) is 0 Å². The third-order valence-corrected chi connectivity index (χ3v) is 18.2. The lowest BCUT2D eigenvalue weighted by Gasteiger charge is -2.14. The number of thioether (sulfide) groups is 8. The maximum absolute atomic E-state index is 12.7. The van der Waals surface area contributed by atoms with Crippen LogP contribution in [0.3, 0.4) is 0 Å². The van der Waals surface area contributed by atoms with Crippen LogP contribution in [0.4, 0.5) is 0 Å². The topological polar surface area (TPSA) is 44.8 Å². The van der Waals surface area contributed by atoms with Gasteiger partial charge in [-0.2, -0.15) is 0 Å². The molecule has 0 aromatic carbocycles. The number of hydrogen-bond acceptors (Lipinski definition) is 13. The molecule has 0 saturated carbocycles. The molecule has 3 aliphatic rings. The summed E-state index contributed by atoms with van der Waals surface area (Å²) < 4.78 is 25.4. The predicted molar refractivity (Wildman–Crippen MR) is 196 cm³/mol. The van der Waals surface area contributed by atoms with Gasteiger partial charge in [-0.1, -0.05) is 99.4 Å². The van der Waals surface area contributed by atoms with E-state index >= 15 is 0 Å². The van der Waals surface area contributed by atoms with E-state index in [1.54, 1.807) is 34.9 Å². The van der Waals surface area contributed by atoms with E-state index < -0.39 is 6.10 Å². The zero-order valence-corrected chi connectivity index (χ0v) is 31.1. The van der Waals surface area contributed by atoms with Crippen LogP contribution in [0.1, 0.15) is 65.2 Å². The van der Waals surface area contributed by atoms with Crippen molar-refractivity contribution < 1.29 is 19.0 Å². The molecule has 0 fully saturated rings. The maximum Gasteiger partial charge on any atom is 0.316 e. The average molecular weight is 727 g/mol. The zero-order valence-electron chi connectivity index (χ0n) is 23.7. The monoisotopic (exact) mass is 726 g/mol. The smallest absolute Gasteiger partial charge is 0.316 e. The Bertz CT molecular complexity index is 1050. The van der Waals surface area contributed by atoms with E-state index in [1.807, 2.05) is 57.8 Å².